The molecule has 0 unspecified atom stereocenters. The number of aromatic nitrogens is 2. The number of benzene rings is 1. The Morgan fingerprint density at radius 2 is 1.95 bits per heavy atom. The third kappa shape index (κ3) is 3.16. The molecule has 7 heteroatoms. The van der Waals surface area contributed by atoms with Gasteiger partial charge in [0.05, 0.1) is 6.21 Å². The van der Waals surface area contributed by atoms with Gasteiger partial charge in [-0.25, -0.2) is 4.79 Å². The van der Waals surface area contributed by atoms with Crippen LogP contribution in [0.15, 0.2) is 45.0 Å². The van der Waals surface area contributed by atoms with E-state index < -0.39 is 11.2 Å². The lowest BCUT2D eigenvalue weighted by atomic mass is 10.2. The molecule has 1 aromatic heterocycles. The molecule has 20 heavy (non-hydrogen) atoms. The number of H-pyrrole nitrogens is 1. The van der Waals surface area contributed by atoms with Crippen molar-refractivity contribution < 1.29 is 0 Å². The summed E-state index contributed by atoms with van der Waals surface area (Å²) in [6.45, 7) is 0. The Hall–Kier alpha value is -2.34. The van der Waals surface area contributed by atoms with Crippen molar-refractivity contribution in [2.75, 3.05) is 12.1 Å². The fraction of sp³-hybridized carbons (Fsp3) is 0.154. The summed E-state index contributed by atoms with van der Waals surface area (Å²) in [4.78, 5) is 25.6. The van der Waals surface area contributed by atoms with Crippen LogP contribution in [0, 0.1) is 0 Å². The Labute approximate surface area is 119 Å². The fourth-order valence-corrected chi connectivity index (χ4v) is 1.61. The molecular weight excluding hydrogens is 280 g/mol. The number of aromatic amines is 1. The number of rotatable bonds is 3. The first kappa shape index (κ1) is 14.1. The van der Waals surface area contributed by atoms with Gasteiger partial charge in [-0.05, 0) is 17.7 Å². The first-order valence-corrected chi connectivity index (χ1v) is 6.19. The molecule has 0 spiro atoms. The normalized spacial score (nSPS) is 10.9. The van der Waals surface area contributed by atoms with Crippen molar-refractivity contribution in [3.05, 3.63) is 61.8 Å². The molecule has 2 aromatic rings. The number of halogens is 1. The highest BCUT2D eigenvalue weighted by Gasteiger charge is 2.03. The molecule has 0 saturated carbocycles. The number of nitrogens with zero attached hydrogens (tertiary/aromatic N) is 3. The lowest BCUT2D eigenvalue weighted by Gasteiger charge is -2.12. The molecular formula is C13H13ClN4O2. The Kier molecular flexibility index (Phi) is 4.05. The Morgan fingerprint density at radius 1 is 1.30 bits per heavy atom. The van der Waals surface area contributed by atoms with E-state index in [0.29, 0.717) is 10.8 Å². The van der Waals surface area contributed by atoms with Crippen molar-refractivity contribution in [3.63, 3.8) is 0 Å². The van der Waals surface area contributed by atoms with Gasteiger partial charge in [-0.15, -0.1) is 0 Å². The molecule has 1 N–H and O–H groups in total. The molecule has 0 aliphatic rings. The minimum atomic E-state index is -0.485. The second-order valence-corrected chi connectivity index (χ2v) is 4.61. The van der Waals surface area contributed by atoms with Crippen LogP contribution in [0.4, 0.5) is 5.82 Å². The zero-order valence-electron chi connectivity index (χ0n) is 11.0. The lowest BCUT2D eigenvalue weighted by molar-refractivity contribution is 0.766. The summed E-state index contributed by atoms with van der Waals surface area (Å²) in [5.41, 5.74) is -0.0224. The van der Waals surface area contributed by atoms with E-state index in [9.17, 15) is 9.59 Å². The van der Waals surface area contributed by atoms with E-state index in [2.05, 4.69) is 10.1 Å². The number of hydrogen-bond acceptors (Lipinski definition) is 4. The van der Waals surface area contributed by atoms with E-state index >= 15 is 0 Å². The maximum absolute atomic E-state index is 11.5. The van der Waals surface area contributed by atoms with Crippen LogP contribution < -0.4 is 16.3 Å². The van der Waals surface area contributed by atoms with Crippen LogP contribution in [0.1, 0.15) is 5.56 Å². The predicted molar refractivity (Wildman–Crippen MR) is 79.8 cm³/mol. The maximum atomic E-state index is 11.5. The Morgan fingerprint density at radius 3 is 2.55 bits per heavy atom. The van der Waals surface area contributed by atoms with Crippen LogP contribution in [0.5, 0.6) is 0 Å². The van der Waals surface area contributed by atoms with Crippen molar-refractivity contribution in [3.8, 4) is 0 Å². The molecule has 0 aliphatic heterocycles. The Bertz CT molecular complexity index is 715. The summed E-state index contributed by atoms with van der Waals surface area (Å²) in [7, 11) is 3.04. The van der Waals surface area contributed by atoms with Gasteiger partial charge in [-0.2, -0.15) is 5.10 Å². The molecule has 0 radical (unpaired) electrons. The highest BCUT2D eigenvalue weighted by Crippen LogP contribution is 2.08. The Balaban J connectivity index is 2.24. The summed E-state index contributed by atoms with van der Waals surface area (Å²) >= 11 is 5.79. The monoisotopic (exact) mass is 292 g/mol. The molecule has 0 aliphatic carbocycles. The SMILES string of the molecule is CN(/N=C\c1ccc(Cl)cc1)c1cc(=O)n(C)c(=O)[nH]1. The number of hydrogen-bond donors (Lipinski definition) is 1. The largest absolute Gasteiger partial charge is 0.329 e. The second kappa shape index (κ2) is 5.75. The molecule has 0 fully saturated rings. The number of anilines is 1. The molecule has 0 amide bonds. The van der Waals surface area contributed by atoms with Gasteiger partial charge in [0.1, 0.15) is 5.82 Å². The average Bonchev–Trinajstić information content (AvgIpc) is 2.43. The minimum Gasteiger partial charge on any atom is -0.292 e. The van der Waals surface area contributed by atoms with Crippen molar-refractivity contribution in [1.82, 2.24) is 9.55 Å². The smallest absolute Gasteiger partial charge is 0.292 e. The van der Waals surface area contributed by atoms with Crippen molar-refractivity contribution in [2.45, 2.75) is 0 Å². The van der Waals surface area contributed by atoms with E-state index in [1.165, 1.54) is 18.1 Å². The molecule has 1 aromatic carbocycles. The fourth-order valence-electron chi connectivity index (χ4n) is 1.48. The van der Waals surface area contributed by atoms with E-state index in [1.54, 1.807) is 25.4 Å². The van der Waals surface area contributed by atoms with E-state index in [0.717, 1.165) is 10.1 Å². The van der Waals surface area contributed by atoms with E-state index in [-0.39, 0.29) is 0 Å². The third-order valence-electron chi connectivity index (χ3n) is 2.73. The molecule has 2 rings (SSSR count). The van der Waals surface area contributed by atoms with Crippen molar-refractivity contribution in [1.29, 1.82) is 0 Å². The molecule has 6 nitrogen and oxygen atoms in total. The lowest BCUT2D eigenvalue weighted by Crippen LogP contribution is -2.33. The third-order valence-corrected chi connectivity index (χ3v) is 2.98. The van der Waals surface area contributed by atoms with Crippen LogP contribution in [0.3, 0.4) is 0 Å². The number of hydrazone groups is 1. The summed E-state index contributed by atoms with van der Waals surface area (Å²) in [5.74, 6) is 0.323. The van der Waals surface area contributed by atoms with Gasteiger partial charge in [0.25, 0.3) is 5.56 Å². The van der Waals surface area contributed by atoms with Gasteiger partial charge in [-0.3, -0.25) is 19.4 Å². The van der Waals surface area contributed by atoms with Gasteiger partial charge in [0.2, 0.25) is 0 Å². The average molecular weight is 293 g/mol. The maximum Gasteiger partial charge on any atom is 0.329 e. The minimum absolute atomic E-state index is 0.323. The standard InChI is InChI=1S/C13H13ClN4O2/c1-17-12(19)7-11(16-13(17)20)18(2)15-8-9-3-5-10(14)6-4-9/h3-8H,1-2H3,(H,16,20)/b15-8-. The predicted octanol–water partition coefficient (Wildman–Crippen LogP) is 1.20. The van der Waals surface area contributed by atoms with E-state index in [4.69, 9.17) is 11.6 Å². The molecule has 1 heterocycles. The van der Waals surface area contributed by atoms with Crippen molar-refractivity contribution in [2.24, 2.45) is 12.1 Å². The molecule has 0 bridgehead atoms. The van der Waals surface area contributed by atoms with Gasteiger partial charge in [-0.1, -0.05) is 23.7 Å². The van der Waals surface area contributed by atoms with Crippen LogP contribution in [-0.4, -0.2) is 22.8 Å². The quantitative estimate of drug-likeness (QED) is 0.682. The molecule has 0 atom stereocenters. The highest BCUT2D eigenvalue weighted by atomic mass is 35.5. The second-order valence-electron chi connectivity index (χ2n) is 4.18. The summed E-state index contributed by atoms with van der Waals surface area (Å²) in [6.07, 6.45) is 1.60. The summed E-state index contributed by atoms with van der Waals surface area (Å²) in [5, 5.41) is 6.21. The van der Waals surface area contributed by atoms with Gasteiger partial charge >= 0.3 is 5.69 Å². The van der Waals surface area contributed by atoms with Crippen LogP contribution in [0.2, 0.25) is 5.02 Å². The van der Waals surface area contributed by atoms with E-state index in [1.807, 2.05) is 12.1 Å². The zero-order valence-corrected chi connectivity index (χ0v) is 11.8. The summed E-state index contributed by atoms with van der Waals surface area (Å²) in [6, 6.07) is 8.44. The van der Waals surface area contributed by atoms with Crippen LogP contribution in [0.25, 0.3) is 0 Å². The van der Waals surface area contributed by atoms with Gasteiger partial charge < -0.3 is 0 Å². The first-order valence-electron chi connectivity index (χ1n) is 5.81. The highest BCUT2D eigenvalue weighted by molar-refractivity contribution is 6.30. The summed E-state index contributed by atoms with van der Waals surface area (Å²) < 4.78 is 0.986. The number of nitrogens with one attached hydrogen (secondary N) is 1. The molecule has 104 valence electrons. The topological polar surface area (TPSA) is 70.5 Å². The van der Waals surface area contributed by atoms with Crippen LogP contribution >= 0.6 is 11.6 Å². The van der Waals surface area contributed by atoms with Crippen molar-refractivity contribution >= 4 is 23.6 Å². The molecule has 0 saturated heterocycles. The zero-order chi connectivity index (χ0) is 14.7. The first-order chi connectivity index (χ1) is 9.47. The van der Waals surface area contributed by atoms with Gasteiger partial charge in [0, 0.05) is 25.2 Å². The van der Waals surface area contributed by atoms with Crippen LogP contribution in [-0.2, 0) is 7.05 Å². The van der Waals surface area contributed by atoms with Gasteiger partial charge in [0.15, 0.2) is 0 Å².